The Morgan fingerprint density at radius 1 is 1.04 bits per heavy atom. The van der Waals surface area contributed by atoms with Crippen LogP contribution in [0.4, 0.5) is 5.69 Å². The summed E-state index contributed by atoms with van der Waals surface area (Å²) in [6, 6.07) is 13.5. The number of benzene rings is 2. The first-order chi connectivity index (χ1) is 12.4. The molecule has 138 valence electrons. The summed E-state index contributed by atoms with van der Waals surface area (Å²) in [5.74, 6) is 0. The van der Waals surface area contributed by atoms with Crippen molar-refractivity contribution in [3.8, 4) is 0 Å². The molecule has 0 radical (unpaired) electrons. The minimum absolute atomic E-state index is 0.0290. The van der Waals surface area contributed by atoms with Crippen molar-refractivity contribution in [2.75, 3.05) is 26.2 Å². The molecule has 0 aliphatic carbocycles. The fourth-order valence-electron chi connectivity index (χ4n) is 2.99. The predicted molar refractivity (Wildman–Crippen MR) is 98.3 cm³/mol. The summed E-state index contributed by atoms with van der Waals surface area (Å²) in [5.41, 5.74) is 2.19. The van der Waals surface area contributed by atoms with Gasteiger partial charge in [-0.25, -0.2) is 8.42 Å². The maximum atomic E-state index is 12.7. The van der Waals surface area contributed by atoms with Gasteiger partial charge >= 0.3 is 0 Å². The first-order valence-electron chi connectivity index (χ1n) is 8.39. The highest BCUT2D eigenvalue weighted by molar-refractivity contribution is 7.89. The van der Waals surface area contributed by atoms with Crippen LogP contribution >= 0.6 is 0 Å². The van der Waals surface area contributed by atoms with Crippen LogP contribution in [0.25, 0.3) is 0 Å². The SMILES string of the molecule is Cc1ccc(CN2CCN(S(=O)(=O)c3cccc([N+](=O)[O-])c3)CC2)cc1. The Morgan fingerprint density at radius 3 is 2.31 bits per heavy atom. The highest BCUT2D eigenvalue weighted by Crippen LogP contribution is 2.22. The molecule has 8 heteroatoms. The zero-order valence-corrected chi connectivity index (χ0v) is 15.4. The van der Waals surface area contributed by atoms with Gasteiger partial charge < -0.3 is 0 Å². The van der Waals surface area contributed by atoms with Crippen LogP contribution in [0.1, 0.15) is 11.1 Å². The van der Waals surface area contributed by atoms with Crippen molar-refractivity contribution < 1.29 is 13.3 Å². The van der Waals surface area contributed by atoms with Crippen molar-refractivity contribution in [3.63, 3.8) is 0 Å². The number of rotatable bonds is 5. The molecule has 2 aromatic carbocycles. The van der Waals surface area contributed by atoms with Crippen LogP contribution in [0.5, 0.6) is 0 Å². The van der Waals surface area contributed by atoms with Crippen molar-refractivity contribution >= 4 is 15.7 Å². The molecule has 1 aliphatic heterocycles. The second kappa shape index (κ2) is 7.53. The third-order valence-corrected chi connectivity index (χ3v) is 6.42. The minimum atomic E-state index is -3.72. The van der Waals surface area contributed by atoms with Gasteiger partial charge in [-0.3, -0.25) is 15.0 Å². The van der Waals surface area contributed by atoms with Gasteiger partial charge in [0.2, 0.25) is 10.0 Å². The van der Waals surface area contributed by atoms with Gasteiger partial charge in [0.15, 0.2) is 0 Å². The minimum Gasteiger partial charge on any atom is -0.296 e. The summed E-state index contributed by atoms with van der Waals surface area (Å²) < 4.78 is 26.9. The summed E-state index contributed by atoms with van der Waals surface area (Å²) in [4.78, 5) is 12.5. The lowest BCUT2D eigenvalue weighted by Crippen LogP contribution is -2.48. The van der Waals surface area contributed by atoms with Crippen LogP contribution in [0.15, 0.2) is 53.4 Å². The molecule has 0 N–H and O–H groups in total. The summed E-state index contributed by atoms with van der Waals surface area (Å²) in [5, 5.41) is 10.9. The van der Waals surface area contributed by atoms with Crippen molar-refractivity contribution in [2.24, 2.45) is 0 Å². The molecule has 1 saturated heterocycles. The number of aryl methyl sites for hydroxylation is 1. The number of non-ortho nitro benzene ring substituents is 1. The number of nitro benzene ring substituents is 1. The van der Waals surface area contributed by atoms with Gasteiger partial charge in [-0.15, -0.1) is 0 Å². The fraction of sp³-hybridized carbons (Fsp3) is 0.333. The van der Waals surface area contributed by atoms with Gasteiger partial charge in [0.1, 0.15) is 0 Å². The molecule has 3 rings (SSSR count). The average molecular weight is 375 g/mol. The lowest BCUT2D eigenvalue weighted by atomic mass is 10.1. The summed E-state index contributed by atoms with van der Waals surface area (Å²) in [7, 11) is -3.72. The first kappa shape index (κ1) is 18.5. The van der Waals surface area contributed by atoms with Gasteiger partial charge in [0.25, 0.3) is 5.69 Å². The van der Waals surface area contributed by atoms with Crippen LogP contribution in [0.2, 0.25) is 0 Å². The lowest BCUT2D eigenvalue weighted by Gasteiger charge is -2.34. The number of sulfonamides is 1. The van der Waals surface area contributed by atoms with Gasteiger partial charge in [-0.2, -0.15) is 4.31 Å². The molecule has 0 amide bonds. The Balaban J connectivity index is 1.66. The van der Waals surface area contributed by atoms with Crippen LogP contribution < -0.4 is 0 Å². The largest absolute Gasteiger partial charge is 0.296 e. The maximum absolute atomic E-state index is 12.7. The van der Waals surface area contributed by atoms with Crippen LogP contribution in [-0.4, -0.2) is 48.7 Å². The lowest BCUT2D eigenvalue weighted by molar-refractivity contribution is -0.385. The number of hydrogen-bond donors (Lipinski definition) is 0. The third kappa shape index (κ3) is 4.09. The van der Waals surface area contributed by atoms with E-state index < -0.39 is 14.9 Å². The molecule has 2 aromatic rings. The Hall–Kier alpha value is -2.29. The van der Waals surface area contributed by atoms with E-state index in [-0.39, 0.29) is 10.6 Å². The van der Waals surface area contributed by atoms with Gasteiger partial charge in [0.05, 0.1) is 9.82 Å². The maximum Gasteiger partial charge on any atom is 0.270 e. The number of piperazine rings is 1. The topological polar surface area (TPSA) is 83.8 Å². The van der Waals surface area contributed by atoms with Crippen LogP contribution in [-0.2, 0) is 16.6 Å². The van der Waals surface area contributed by atoms with E-state index in [9.17, 15) is 18.5 Å². The highest BCUT2D eigenvalue weighted by Gasteiger charge is 2.29. The van der Waals surface area contributed by atoms with E-state index in [1.54, 1.807) is 0 Å². The summed E-state index contributed by atoms with van der Waals surface area (Å²) >= 11 is 0. The predicted octanol–water partition coefficient (Wildman–Crippen LogP) is 2.41. The number of hydrogen-bond acceptors (Lipinski definition) is 5. The standard InChI is InChI=1S/C18H21N3O4S/c1-15-5-7-16(8-6-15)14-19-9-11-20(12-10-19)26(24,25)18-4-2-3-17(13-18)21(22)23/h2-8,13H,9-12,14H2,1H3. The van der Waals surface area contributed by atoms with E-state index in [1.165, 1.54) is 33.6 Å². The van der Waals surface area contributed by atoms with Crippen molar-refractivity contribution in [3.05, 3.63) is 69.8 Å². The number of nitrogens with zero attached hydrogens (tertiary/aromatic N) is 3. The van der Waals surface area contributed by atoms with E-state index in [4.69, 9.17) is 0 Å². The molecule has 1 fully saturated rings. The first-order valence-corrected chi connectivity index (χ1v) is 9.83. The molecule has 26 heavy (non-hydrogen) atoms. The van der Waals surface area contributed by atoms with E-state index in [1.807, 2.05) is 6.92 Å². The molecule has 0 aromatic heterocycles. The van der Waals surface area contributed by atoms with Crippen molar-refractivity contribution in [1.29, 1.82) is 0 Å². The molecule has 0 unspecified atom stereocenters. The Bertz CT molecular complexity index is 889. The van der Waals surface area contributed by atoms with Crippen LogP contribution in [0, 0.1) is 17.0 Å². The van der Waals surface area contributed by atoms with E-state index in [2.05, 4.69) is 29.2 Å². The third-order valence-electron chi connectivity index (χ3n) is 4.52. The quantitative estimate of drug-likeness (QED) is 0.592. The van der Waals surface area contributed by atoms with Crippen molar-refractivity contribution in [1.82, 2.24) is 9.21 Å². The summed E-state index contributed by atoms with van der Waals surface area (Å²) in [6.07, 6.45) is 0. The van der Waals surface area contributed by atoms with Gasteiger partial charge in [-0.1, -0.05) is 35.9 Å². The number of nitro groups is 1. The average Bonchev–Trinajstić information content (AvgIpc) is 2.64. The molecule has 1 heterocycles. The normalized spacial score (nSPS) is 16.5. The molecule has 0 spiro atoms. The second-order valence-electron chi connectivity index (χ2n) is 6.42. The zero-order chi connectivity index (χ0) is 18.7. The van der Waals surface area contributed by atoms with Gasteiger partial charge in [0, 0.05) is 44.9 Å². The molecule has 0 atom stereocenters. The molecule has 7 nitrogen and oxygen atoms in total. The van der Waals surface area contributed by atoms with Crippen molar-refractivity contribution in [2.45, 2.75) is 18.4 Å². The molecular weight excluding hydrogens is 354 g/mol. The van der Waals surface area contributed by atoms with E-state index >= 15 is 0 Å². The highest BCUT2D eigenvalue weighted by atomic mass is 32.2. The Kier molecular flexibility index (Phi) is 5.36. The van der Waals surface area contributed by atoms with E-state index in [0.717, 1.165) is 12.6 Å². The monoisotopic (exact) mass is 375 g/mol. The fourth-order valence-corrected chi connectivity index (χ4v) is 4.45. The van der Waals surface area contributed by atoms with Gasteiger partial charge in [-0.05, 0) is 18.6 Å². The van der Waals surface area contributed by atoms with Crippen LogP contribution in [0.3, 0.4) is 0 Å². The smallest absolute Gasteiger partial charge is 0.270 e. The van der Waals surface area contributed by atoms with E-state index in [0.29, 0.717) is 26.2 Å². The molecule has 0 bridgehead atoms. The second-order valence-corrected chi connectivity index (χ2v) is 8.36. The molecule has 0 saturated carbocycles. The zero-order valence-electron chi connectivity index (χ0n) is 14.5. The Labute approximate surface area is 153 Å². The summed E-state index contributed by atoms with van der Waals surface area (Å²) in [6.45, 7) is 4.82. The molecular formula is C18H21N3O4S. The molecule has 1 aliphatic rings. The Morgan fingerprint density at radius 2 is 1.69 bits per heavy atom.